The number of ether oxygens (including phenoxy) is 1. The van der Waals surface area contributed by atoms with Crippen molar-refractivity contribution in [1.29, 1.82) is 0 Å². The van der Waals surface area contributed by atoms with Crippen LogP contribution in [0, 0.1) is 11.8 Å². The largest absolute Gasteiger partial charge is 0.493 e. The lowest BCUT2D eigenvalue weighted by molar-refractivity contribution is 0.121. The predicted octanol–water partition coefficient (Wildman–Crippen LogP) is 0.805. The summed E-state index contributed by atoms with van der Waals surface area (Å²) in [6, 6.07) is 8.06. The molecule has 1 aromatic rings. The number of nitrogens with two attached hydrogens (primary N) is 1. The van der Waals surface area contributed by atoms with Gasteiger partial charge in [-0.3, -0.25) is 0 Å². The lowest BCUT2D eigenvalue weighted by Gasteiger charge is -2.29. The smallest absolute Gasteiger partial charge is 0.122 e. The van der Waals surface area contributed by atoms with Crippen LogP contribution in [-0.2, 0) is 6.42 Å². The van der Waals surface area contributed by atoms with Gasteiger partial charge in [-0.15, -0.1) is 0 Å². The van der Waals surface area contributed by atoms with Gasteiger partial charge in [0.1, 0.15) is 5.75 Å². The Morgan fingerprint density at radius 2 is 2.27 bits per heavy atom. The first-order chi connectivity index (χ1) is 7.35. The van der Waals surface area contributed by atoms with Gasteiger partial charge in [0.15, 0.2) is 0 Å². The molecule has 0 amide bonds. The standard InChI is InChI=1S/C12H17NO2/c13-6-11(7-14)10-5-9-3-1-2-4-12(9)15-8-10/h1-4,10-11,14H,5-8,13H2. The van der Waals surface area contributed by atoms with Crippen LogP contribution in [-0.4, -0.2) is 24.9 Å². The van der Waals surface area contributed by atoms with Crippen LogP contribution < -0.4 is 10.5 Å². The van der Waals surface area contributed by atoms with Crippen molar-refractivity contribution in [3.8, 4) is 5.75 Å². The van der Waals surface area contributed by atoms with Crippen LogP contribution in [0.4, 0.5) is 0 Å². The van der Waals surface area contributed by atoms with Gasteiger partial charge in [-0.1, -0.05) is 18.2 Å². The Hall–Kier alpha value is -1.06. The number of rotatable bonds is 3. The predicted molar refractivity (Wildman–Crippen MR) is 58.8 cm³/mol. The fourth-order valence-corrected chi connectivity index (χ4v) is 2.07. The van der Waals surface area contributed by atoms with Gasteiger partial charge in [-0.2, -0.15) is 0 Å². The van der Waals surface area contributed by atoms with Crippen molar-refractivity contribution in [2.45, 2.75) is 6.42 Å². The summed E-state index contributed by atoms with van der Waals surface area (Å²) in [7, 11) is 0. The van der Waals surface area contributed by atoms with Crippen molar-refractivity contribution in [1.82, 2.24) is 0 Å². The van der Waals surface area contributed by atoms with Crippen LogP contribution in [0.3, 0.4) is 0 Å². The molecule has 3 nitrogen and oxygen atoms in total. The summed E-state index contributed by atoms with van der Waals surface area (Å²) < 4.78 is 5.65. The Bertz CT molecular complexity index is 323. The Labute approximate surface area is 89.9 Å². The summed E-state index contributed by atoms with van der Waals surface area (Å²) in [5.41, 5.74) is 6.84. The van der Waals surface area contributed by atoms with E-state index in [0.717, 1.165) is 12.2 Å². The van der Waals surface area contributed by atoms with Gasteiger partial charge < -0.3 is 15.6 Å². The summed E-state index contributed by atoms with van der Waals surface area (Å²) in [6.07, 6.45) is 0.957. The highest BCUT2D eigenvalue weighted by atomic mass is 16.5. The molecule has 2 atom stereocenters. The van der Waals surface area contributed by atoms with Crippen LogP contribution in [0.1, 0.15) is 5.56 Å². The van der Waals surface area contributed by atoms with Crippen LogP contribution in [0.25, 0.3) is 0 Å². The third-order valence-electron chi connectivity index (χ3n) is 3.11. The van der Waals surface area contributed by atoms with E-state index in [1.54, 1.807) is 0 Å². The van der Waals surface area contributed by atoms with Gasteiger partial charge in [0.25, 0.3) is 0 Å². The molecule has 1 heterocycles. The lowest BCUT2D eigenvalue weighted by atomic mass is 9.86. The van der Waals surface area contributed by atoms with Gasteiger partial charge in [0.2, 0.25) is 0 Å². The quantitative estimate of drug-likeness (QED) is 0.771. The molecule has 2 rings (SSSR count). The van der Waals surface area contributed by atoms with Gasteiger partial charge in [-0.05, 0) is 24.6 Å². The zero-order valence-corrected chi connectivity index (χ0v) is 8.73. The highest BCUT2D eigenvalue weighted by molar-refractivity contribution is 5.35. The average Bonchev–Trinajstić information content (AvgIpc) is 2.30. The molecular weight excluding hydrogens is 190 g/mol. The molecule has 3 heteroatoms. The topological polar surface area (TPSA) is 55.5 Å². The van der Waals surface area contributed by atoms with E-state index in [-0.39, 0.29) is 12.5 Å². The minimum atomic E-state index is 0.146. The molecule has 0 fully saturated rings. The molecule has 3 N–H and O–H groups in total. The normalized spacial score (nSPS) is 21.6. The molecule has 0 saturated carbocycles. The van der Waals surface area contributed by atoms with Crippen LogP contribution in [0.5, 0.6) is 5.75 Å². The fourth-order valence-electron chi connectivity index (χ4n) is 2.07. The van der Waals surface area contributed by atoms with Crippen LogP contribution in [0.15, 0.2) is 24.3 Å². The minimum Gasteiger partial charge on any atom is -0.493 e. The molecule has 0 spiro atoms. The molecule has 0 aromatic heterocycles. The molecule has 82 valence electrons. The molecule has 0 bridgehead atoms. The van der Waals surface area contributed by atoms with Gasteiger partial charge in [0.05, 0.1) is 6.61 Å². The second-order valence-electron chi connectivity index (χ2n) is 4.06. The highest BCUT2D eigenvalue weighted by Gasteiger charge is 2.25. The van der Waals surface area contributed by atoms with E-state index in [1.807, 2.05) is 18.2 Å². The molecule has 0 aliphatic carbocycles. The second-order valence-corrected chi connectivity index (χ2v) is 4.06. The summed E-state index contributed by atoms with van der Waals surface area (Å²) in [6.45, 7) is 1.33. The Morgan fingerprint density at radius 1 is 1.47 bits per heavy atom. The van der Waals surface area contributed by atoms with Gasteiger partial charge >= 0.3 is 0 Å². The third-order valence-corrected chi connectivity index (χ3v) is 3.11. The Kier molecular flexibility index (Phi) is 3.23. The zero-order chi connectivity index (χ0) is 10.7. The van der Waals surface area contributed by atoms with Crippen LogP contribution in [0.2, 0.25) is 0 Å². The zero-order valence-electron chi connectivity index (χ0n) is 8.73. The Morgan fingerprint density at radius 3 is 3.00 bits per heavy atom. The van der Waals surface area contributed by atoms with E-state index < -0.39 is 0 Å². The maximum absolute atomic E-state index is 9.19. The van der Waals surface area contributed by atoms with Crippen molar-refractivity contribution in [3.63, 3.8) is 0 Å². The molecule has 0 saturated heterocycles. The molecule has 0 radical (unpaired) electrons. The van der Waals surface area contributed by atoms with E-state index >= 15 is 0 Å². The highest BCUT2D eigenvalue weighted by Crippen LogP contribution is 2.29. The Balaban J connectivity index is 2.11. The van der Waals surface area contributed by atoms with Crippen molar-refractivity contribution in [2.75, 3.05) is 19.8 Å². The third kappa shape index (κ3) is 2.13. The van der Waals surface area contributed by atoms with Crippen molar-refractivity contribution in [2.24, 2.45) is 17.6 Å². The number of aliphatic hydroxyl groups is 1. The lowest BCUT2D eigenvalue weighted by Crippen LogP contribution is -2.34. The number of benzene rings is 1. The summed E-state index contributed by atoms with van der Waals surface area (Å²) in [5, 5.41) is 9.19. The summed E-state index contributed by atoms with van der Waals surface area (Å²) in [5.74, 6) is 1.47. The summed E-state index contributed by atoms with van der Waals surface area (Å²) in [4.78, 5) is 0. The maximum Gasteiger partial charge on any atom is 0.122 e. The molecule has 15 heavy (non-hydrogen) atoms. The second kappa shape index (κ2) is 4.64. The SMILES string of the molecule is NCC(CO)C1COc2ccccc2C1. The van der Waals surface area contributed by atoms with Crippen molar-refractivity contribution in [3.05, 3.63) is 29.8 Å². The average molecular weight is 207 g/mol. The van der Waals surface area contributed by atoms with Crippen molar-refractivity contribution < 1.29 is 9.84 Å². The molecule has 2 unspecified atom stereocenters. The number of hydrogen-bond donors (Lipinski definition) is 2. The summed E-state index contributed by atoms with van der Waals surface area (Å²) >= 11 is 0. The monoisotopic (exact) mass is 207 g/mol. The number of aliphatic hydroxyl groups excluding tert-OH is 1. The minimum absolute atomic E-state index is 0.146. The van der Waals surface area contributed by atoms with E-state index in [9.17, 15) is 5.11 Å². The van der Waals surface area contributed by atoms with E-state index in [1.165, 1.54) is 5.56 Å². The number of para-hydroxylation sites is 1. The molecule has 1 aliphatic heterocycles. The first-order valence-corrected chi connectivity index (χ1v) is 5.36. The van der Waals surface area contributed by atoms with E-state index in [2.05, 4.69) is 6.07 Å². The van der Waals surface area contributed by atoms with Crippen LogP contribution >= 0.6 is 0 Å². The fraction of sp³-hybridized carbons (Fsp3) is 0.500. The van der Waals surface area contributed by atoms with E-state index in [0.29, 0.717) is 19.1 Å². The number of hydrogen-bond acceptors (Lipinski definition) is 3. The molecular formula is C12H17NO2. The number of fused-ring (bicyclic) bond motifs is 1. The van der Waals surface area contributed by atoms with E-state index in [4.69, 9.17) is 10.5 Å². The molecule has 1 aliphatic rings. The molecule has 1 aromatic carbocycles. The van der Waals surface area contributed by atoms with Crippen molar-refractivity contribution >= 4 is 0 Å². The first kappa shape index (κ1) is 10.5. The van der Waals surface area contributed by atoms with Gasteiger partial charge in [0, 0.05) is 18.4 Å². The first-order valence-electron chi connectivity index (χ1n) is 5.36. The maximum atomic E-state index is 9.19. The van der Waals surface area contributed by atoms with Gasteiger partial charge in [-0.25, -0.2) is 0 Å².